The summed E-state index contributed by atoms with van der Waals surface area (Å²) in [5.41, 5.74) is 1.44. The highest BCUT2D eigenvalue weighted by Gasteiger charge is 2.06. The third-order valence-corrected chi connectivity index (χ3v) is 2.33. The van der Waals surface area contributed by atoms with Crippen molar-refractivity contribution in [2.24, 2.45) is 0 Å². The average molecular weight is 240 g/mol. The fourth-order valence-corrected chi connectivity index (χ4v) is 1.47. The molecule has 1 rings (SSSR count). The molecule has 0 radical (unpaired) electrons. The standard InChI is InChI=1S/C12H20N2O3/c15-8-2-6-13-10-4-1-5-11(17)12(10)14-7-3-9-16/h1,4-5,13-17H,2-3,6-9H2. The van der Waals surface area contributed by atoms with Gasteiger partial charge in [-0.3, -0.25) is 0 Å². The summed E-state index contributed by atoms with van der Waals surface area (Å²) in [4.78, 5) is 0. The van der Waals surface area contributed by atoms with Gasteiger partial charge in [-0.1, -0.05) is 6.07 Å². The predicted molar refractivity (Wildman–Crippen MR) is 68.5 cm³/mol. The van der Waals surface area contributed by atoms with Gasteiger partial charge in [0.15, 0.2) is 0 Å². The minimum absolute atomic E-state index is 0.119. The number of para-hydroxylation sites is 1. The van der Waals surface area contributed by atoms with Crippen molar-refractivity contribution in [3.8, 4) is 5.75 Å². The highest BCUT2D eigenvalue weighted by molar-refractivity contribution is 5.75. The Bertz CT molecular complexity index is 332. The highest BCUT2D eigenvalue weighted by Crippen LogP contribution is 2.31. The van der Waals surface area contributed by atoms with Crippen LogP contribution < -0.4 is 10.6 Å². The number of phenolic OH excluding ortho intramolecular Hbond substituents is 1. The van der Waals surface area contributed by atoms with Crippen LogP contribution in [0.1, 0.15) is 12.8 Å². The second-order valence-electron chi connectivity index (χ2n) is 3.71. The van der Waals surface area contributed by atoms with Crippen molar-refractivity contribution in [3.63, 3.8) is 0 Å². The van der Waals surface area contributed by atoms with E-state index in [4.69, 9.17) is 10.2 Å². The van der Waals surface area contributed by atoms with E-state index in [2.05, 4.69) is 10.6 Å². The first-order chi connectivity index (χ1) is 8.29. The minimum atomic E-state index is 0.119. The SMILES string of the molecule is OCCCNc1cccc(O)c1NCCCO. The van der Waals surface area contributed by atoms with Gasteiger partial charge in [0.05, 0.1) is 5.69 Å². The number of aromatic hydroxyl groups is 1. The molecule has 0 aliphatic carbocycles. The molecular formula is C12H20N2O3. The number of benzene rings is 1. The Morgan fingerprint density at radius 1 is 0.941 bits per heavy atom. The van der Waals surface area contributed by atoms with Crippen LogP contribution in [0.3, 0.4) is 0 Å². The molecule has 0 aliphatic rings. The Labute approximate surface area is 101 Å². The molecule has 5 N–H and O–H groups in total. The molecule has 5 heteroatoms. The van der Waals surface area contributed by atoms with Crippen LogP contribution in [0.25, 0.3) is 0 Å². The number of aliphatic hydroxyl groups is 2. The van der Waals surface area contributed by atoms with Gasteiger partial charge in [0.25, 0.3) is 0 Å². The molecule has 0 bridgehead atoms. The lowest BCUT2D eigenvalue weighted by molar-refractivity contribution is 0.292. The summed E-state index contributed by atoms with van der Waals surface area (Å²) in [6.07, 6.45) is 1.29. The van der Waals surface area contributed by atoms with Crippen LogP contribution in [0.15, 0.2) is 18.2 Å². The monoisotopic (exact) mass is 240 g/mol. The van der Waals surface area contributed by atoms with E-state index in [1.165, 1.54) is 0 Å². The molecule has 0 aliphatic heterocycles. The zero-order valence-corrected chi connectivity index (χ0v) is 9.82. The van der Waals surface area contributed by atoms with E-state index < -0.39 is 0 Å². The first kappa shape index (κ1) is 13.6. The number of aliphatic hydroxyl groups excluding tert-OH is 2. The Morgan fingerprint density at radius 2 is 1.59 bits per heavy atom. The number of anilines is 2. The van der Waals surface area contributed by atoms with Gasteiger partial charge in [0.1, 0.15) is 11.4 Å². The van der Waals surface area contributed by atoms with E-state index in [1.54, 1.807) is 12.1 Å². The minimum Gasteiger partial charge on any atom is -0.506 e. The van der Waals surface area contributed by atoms with Crippen LogP contribution in [-0.2, 0) is 0 Å². The van der Waals surface area contributed by atoms with E-state index in [-0.39, 0.29) is 19.0 Å². The Hall–Kier alpha value is -1.46. The van der Waals surface area contributed by atoms with Gasteiger partial charge < -0.3 is 26.0 Å². The first-order valence-electron chi connectivity index (χ1n) is 5.81. The lowest BCUT2D eigenvalue weighted by Gasteiger charge is -2.14. The maximum absolute atomic E-state index is 9.73. The number of hydrogen-bond donors (Lipinski definition) is 5. The van der Waals surface area contributed by atoms with Gasteiger partial charge in [-0.15, -0.1) is 0 Å². The molecule has 0 saturated carbocycles. The van der Waals surface area contributed by atoms with Gasteiger partial charge >= 0.3 is 0 Å². The smallest absolute Gasteiger partial charge is 0.140 e. The zero-order valence-electron chi connectivity index (χ0n) is 9.82. The van der Waals surface area contributed by atoms with Crippen molar-refractivity contribution in [3.05, 3.63) is 18.2 Å². The molecule has 0 atom stereocenters. The van der Waals surface area contributed by atoms with Crippen molar-refractivity contribution in [1.82, 2.24) is 0 Å². The third kappa shape index (κ3) is 4.50. The summed E-state index contributed by atoms with van der Waals surface area (Å²) in [5.74, 6) is 0.178. The van der Waals surface area contributed by atoms with Crippen LogP contribution in [-0.4, -0.2) is 41.6 Å². The zero-order chi connectivity index (χ0) is 12.5. The number of hydrogen-bond acceptors (Lipinski definition) is 5. The Balaban J connectivity index is 2.63. The molecule has 5 nitrogen and oxygen atoms in total. The van der Waals surface area contributed by atoms with Gasteiger partial charge in [0.2, 0.25) is 0 Å². The second-order valence-corrected chi connectivity index (χ2v) is 3.71. The average Bonchev–Trinajstić information content (AvgIpc) is 2.33. The Kier molecular flexibility index (Phi) is 6.21. The molecule has 0 saturated heterocycles. The van der Waals surface area contributed by atoms with Gasteiger partial charge in [-0.2, -0.15) is 0 Å². The lowest BCUT2D eigenvalue weighted by atomic mass is 10.2. The molecule has 1 aromatic rings. The van der Waals surface area contributed by atoms with E-state index in [1.807, 2.05) is 6.07 Å². The van der Waals surface area contributed by atoms with Crippen molar-refractivity contribution < 1.29 is 15.3 Å². The molecular weight excluding hydrogens is 220 g/mol. The van der Waals surface area contributed by atoms with E-state index in [9.17, 15) is 5.11 Å². The number of nitrogens with one attached hydrogen (secondary N) is 2. The number of rotatable bonds is 8. The van der Waals surface area contributed by atoms with Crippen LogP contribution >= 0.6 is 0 Å². The predicted octanol–water partition coefficient (Wildman–Crippen LogP) is 0.981. The van der Waals surface area contributed by atoms with Gasteiger partial charge in [-0.05, 0) is 25.0 Å². The second kappa shape index (κ2) is 7.76. The van der Waals surface area contributed by atoms with Crippen molar-refractivity contribution in [2.45, 2.75) is 12.8 Å². The van der Waals surface area contributed by atoms with Crippen LogP contribution in [0, 0.1) is 0 Å². The lowest BCUT2D eigenvalue weighted by Crippen LogP contribution is -2.09. The highest BCUT2D eigenvalue weighted by atomic mass is 16.3. The van der Waals surface area contributed by atoms with Gasteiger partial charge in [0, 0.05) is 26.3 Å². The van der Waals surface area contributed by atoms with E-state index in [0.717, 1.165) is 5.69 Å². The summed E-state index contributed by atoms with van der Waals surface area (Å²) in [6.45, 7) is 1.50. The van der Waals surface area contributed by atoms with Crippen LogP contribution in [0.4, 0.5) is 11.4 Å². The third-order valence-electron chi connectivity index (χ3n) is 2.33. The summed E-state index contributed by atoms with van der Waals surface area (Å²) >= 11 is 0. The summed E-state index contributed by atoms with van der Waals surface area (Å²) < 4.78 is 0. The molecule has 0 aromatic heterocycles. The molecule has 1 aromatic carbocycles. The molecule has 17 heavy (non-hydrogen) atoms. The van der Waals surface area contributed by atoms with Crippen molar-refractivity contribution in [1.29, 1.82) is 0 Å². The van der Waals surface area contributed by atoms with E-state index >= 15 is 0 Å². The fraction of sp³-hybridized carbons (Fsp3) is 0.500. The Morgan fingerprint density at radius 3 is 2.24 bits per heavy atom. The maximum atomic E-state index is 9.73. The van der Waals surface area contributed by atoms with Crippen molar-refractivity contribution in [2.75, 3.05) is 36.9 Å². The molecule has 0 heterocycles. The fourth-order valence-electron chi connectivity index (χ4n) is 1.47. The molecule has 96 valence electrons. The quantitative estimate of drug-likeness (QED) is 0.345. The molecule has 0 amide bonds. The summed E-state index contributed by atoms with van der Waals surface area (Å²) in [7, 11) is 0. The normalized spacial score (nSPS) is 10.2. The topological polar surface area (TPSA) is 84.8 Å². The van der Waals surface area contributed by atoms with Crippen LogP contribution in [0.2, 0.25) is 0 Å². The van der Waals surface area contributed by atoms with Crippen molar-refractivity contribution >= 4 is 11.4 Å². The van der Waals surface area contributed by atoms with Crippen LogP contribution in [0.5, 0.6) is 5.75 Å². The molecule has 0 fully saturated rings. The summed E-state index contributed by atoms with van der Waals surface area (Å²) in [6, 6.07) is 5.23. The van der Waals surface area contributed by atoms with Gasteiger partial charge in [-0.25, -0.2) is 0 Å². The summed E-state index contributed by atoms with van der Waals surface area (Å²) in [5, 5.41) is 33.4. The first-order valence-corrected chi connectivity index (χ1v) is 5.81. The van der Waals surface area contributed by atoms with E-state index in [0.29, 0.717) is 31.6 Å². The molecule has 0 spiro atoms. The molecule has 0 unspecified atom stereocenters. The largest absolute Gasteiger partial charge is 0.506 e. The maximum Gasteiger partial charge on any atom is 0.140 e. The number of phenols is 1.